The third-order valence-corrected chi connectivity index (χ3v) is 3.23. The van der Waals surface area contributed by atoms with Crippen molar-refractivity contribution in [2.75, 3.05) is 6.54 Å². The molecule has 0 aliphatic carbocycles. The van der Waals surface area contributed by atoms with Crippen LogP contribution in [-0.2, 0) is 12.3 Å². The predicted molar refractivity (Wildman–Crippen MR) is 72.3 cm³/mol. The molecular formula is C13H17N3OS. The van der Waals surface area contributed by atoms with Crippen molar-refractivity contribution in [3.63, 3.8) is 0 Å². The minimum atomic E-state index is 0.762. The summed E-state index contributed by atoms with van der Waals surface area (Å²) in [5.74, 6) is 2.70. The molecule has 0 unspecified atom stereocenters. The number of nitrogens with one attached hydrogen (secondary N) is 1. The second kappa shape index (κ2) is 7.18. The first kappa shape index (κ1) is 13.1. The normalized spacial score (nSPS) is 10.7. The Labute approximate surface area is 111 Å². The summed E-state index contributed by atoms with van der Waals surface area (Å²) in [5.41, 5.74) is 0. The van der Waals surface area contributed by atoms with Crippen molar-refractivity contribution in [3.8, 4) is 0 Å². The van der Waals surface area contributed by atoms with Gasteiger partial charge in [0.05, 0.1) is 12.3 Å². The molecule has 0 saturated carbocycles. The maximum Gasteiger partial charge on any atom is 0.187 e. The zero-order valence-corrected chi connectivity index (χ0v) is 11.2. The minimum absolute atomic E-state index is 0.762. The van der Waals surface area contributed by atoms with Crippen LogP contribution in [0.1, 0.15) is 24.9 Å². The Hall–Kier alpha value is -1.33. The van der Waals surface area contributed by atoms with Gasteiger partial charge in [0.15, 0.2) is 5.16 Å². The largest absolute Gasteiger partial charge is 0.464 e. The highest BCUT2D eigenvalue weighted by molar-refractivity contribution is 7.98. The lowest BCUT2D eigenvalue weighted by atomic mass is 10.4. The molecule has 2 aromatic rings. The lowest BCUT2D eigenvalue weighted by molar-refractivity contribution is 0.459. The van der Waals surface area contributed by atoms with Gasteiger partial charge in [0, 0.05) is 12.4 Å². The van der Waals surface area contributed by atoms with Crippen LogP contribution in [0.3, 0.4) is 0 Å². The third-order valence-electron chi connectivity index (χ3n) is 2.33. The highest BCUT2D eigenvalue weighted by Gasteiger charge is 2.03. The van der Waals surface area contributed by atoms with Gasteiger partial charge in [0.1, 0.15) is 11.5 Å². The van der Waals surface area contributed by atoms with Gasteiger partial charge in [0.2, 0.25) is 0 Å². The molecule has 96 valence electrons. The molecule has 0 atom stereocenters. The molecule has 0 bridgehead atoms. The highest BCUT2D eigenvalue weighted by Crippen LogP contribution is 2.20. The molecule has 0 fully saturated rings. The van der Waals surface area contributed by atoms with Crippen molar-refractivity contribution in [3.05, 3.63) is 42.1 Å². The molecule has 4 nitrogen and oxygen atoms in total. The average Bonchev–Trinajstić information content (AvgIpc) is 2.86. The Kier molecular flexibility index (Phi) is 5.23. The van der Waals surface area contributed by atoms with E-state index < -0.39 is 0 Å². The summed E-state index contributed by atoms with van der Waals surface area (Å²) < 4.78 is 5.71. The van der Waals surface area contributed by atoms with Gasteiger partial charge in [-0.3, -0.25) is 0 Å². The van der Waals surface area contributed by atoms with Gasteiger partial charge >= 0.3 is 0 Å². The van der Waals surface area contributed by atoms with Gasteiger partial charge in [-0.05, 0) is 31.2 Å². The van der Waals surface area contributed by atoms with Crippen molar-refractivity contribution >= 4 is 11.8 Å². The van der Waals surface area contributed by atoms with E-state index >= 15 is 0 Å². The SMILES string of the molecule is CCCNCc1ccc(CSc2ncccn2)o1. The van der Waals surface area contributed by atoms with Gasteiger partial charge in [0.25, 0.3) is 0 Å². The Balaban J connectivity index is 1.80. The van der Waals surface area contributed by atoms with E-state index in [2.05, 4.69) is 22.2 Å². The van der Waals surface area contributed by atoms with Crippen molar-refractivity contribution in [2.24, 2.45) is 0 Å². The number of furan rings is 1. The van der Waals surface area contributed by atoms with Crippen LogP contribution in [0.25, 0.3) is 0 Å². The molecule has 2 aromatic heterocycles. The lowest BCUT2D eigenvalue weighted by Crippen LogP contribution is -2.12. The van der Waals surface area contributed by atoms with E-state index in [1.54, 1.807) is 24.2 Å². The molecule has 0 aromatic carbocycles. The molecule has 0 amide bonds. The summed E-state index contributed by atoms with van der Waals surface area (Å²) in [4.78, 5) is 8.32. The molecule has 0 radical (unpaired) electrons. The first-order valence-electron chi connectivity index (χ1n) is 6.06. The molecule has 1 N–H and O–H groups in total. The first-order chi connectivity index (χ1) is 8.88. The second-order valence-electron chi connectivity index (χ2n) is 3.86. The van der Waals surface area contributed by atoms with Crippen LogP contribution in [-0.4, -0.2) is 16.5 Å². The minimum Gasteiger partial charge on any atom is -0.464 e. The summed E-state index contributed by atoms with van der Waals surface area (Å²) in [6.07, 6.45) is 4.63. The van der Waals surface area contributed by atoms with Gasteiger partial charge in [-0.1, -0.05) is 18.7 Å². The molecule has 0 saturated heterocycles. The average molecular weight is 263 g/mol. The number of hydrogen-bond acceptors (Lipinski definition) is 5. The van der Waals surface area contributed by atoms with Gasteiger partial charge in [-0.2, -0.15) is 0 Å². The smallest absolute Gasteiger partial charge is 0.187 e. The van der Waals surface area contributed by atoms with Crippen LogP contribution < -0.4 is 5.32 Å². The predicted octanol–water partition coefficient (Wildman–Crippen LogP) is 2.86. The molecule has 2 heterocycles. The van der Waals surface area contributed by atoms with Crippen LogP contribution in [0, 0.1) is 0 Å². The Morgan fingerprint density at radius 2 is 2.00 bits per heavy atom. The molecule has 0 aliphatic heterocycles. The fourth-order valence-electron chi connectivity index (χ4n) is 1.48. The third kappa shape index (κ3) is 4.16. The standard InChI is InChI=1S/C13H17N3OS/c1-2-6-14-9-11-4-5-12(17-11)10-18-13-15-7-3-8-16-13/h3-5,7-8,14H,2,6,9-10H2,1H3. The molecule has 5 heteroatoms. The van der Waals surface area contributed by atoms with E-state index in [9.17, 15) is 0 Å². The Bertz CT molecular complexity index is 458. The molecule has 2 rings (SSSR count). The van der Waals surface area contributed by atoms with Gasteiger partial charge in [-0.25, -0.2) is 9.97 Å². The van der Waals surface area contributed by atoms with E-state index in [1.165, 1.54) is 0 Å². The Morgan fingerprint density at radius 1 is 1.22 bits per heavy atom. The van der Waals surface area contributed by atoms with E-state index in [4.69, 9.17) is 4.42 Å². The van der Waals surface area contributed by atoms with Crippen molar-refractivity contribution in [2.45, 2.75) is 30.8 Å². The monoisotopic (exact) mass is 263 g/mol. The van der Waals surface area contributed by atoms with Crippen molar-refractivity contribution in [1.82, 2.24) is 15.3 Å². The molecule has 0 spiro atoms. The summed E-state index contributed by atoms with van der Waals surface area (Å²) in [7, 11) is 0. The Morgan fingerprint density at radius 3 is 2.78 bits per heavy atom. The zero-order chi connectivity index (χ0) is 12.6. The fourth-order valence-corrected chi connectivity index (χ4v) is 2.18. The van der Waals surface area contributed by atoms with Crippen LogP contribution >= 0.6 is 11.8 Å². The van der Waals surface area contributed by atoms with E-state index in [0.717, 1.165) is 41.9 Å². The number of aromatic nitrogens is 2. The van der Waals surface area contributed by atoms with E-state index in [1.807, 2.05) is 18.2 Å². The number of thioether (sulfide) groups is 1. The van der Waals surface area contributed by atoms with E-state index in [-0.39, 0.29) is 0 Å². The summed E-state index contributed by atoms with van der Waals surface area (Å²) in [5, 5.41) is 4.09. The van der Waals surface area contributed by atoms with Gasteiger partial charge < -0.3 is 9.73 Å². The second-order valence-corrected chi connectivity index (χ2v) is 4.81. The maximum atomic E-state index is 5.71. The number of rotatable bonds is 7. The fraction of sp³-hybridized carbons (Fsp3) is 0.385. The maximum absolute atomic E-state index is 5.71. The van der Waals surface area contributed by atoms with Crippen molar-refractivity contribution < 1.29 is 4.42 Å². The number of hydrogen-bond donors (Lipinski definition) is 1. The highest BCUT2D eigenvalue weighted by atomic mass is 32.2. The van der Waals surface area contributed by atoms with Crippen LogP contribution in [0.4, 0.5) is 0 Å². The summed E-state index contributed by atoms with van der Waals surface area (Å²) in [6.45, 7) is 3.96. The molecule has 18 heavy (non-hydrogen) atoms. The zero-order valence-electron chi connectivity index (χ0n) is 10.4. The van der Waals surface area contributed by atoms with Crippen molar-refractivity contribution in [1.29, 1.82) is 0 Å². The lowest BCUT2D eigenvalue weighted by Gasteiger charge is -1.99. The van der Waals surface area contributed by atoms with Crippen LogP contribution in [0.15, 0.2) is 40.2 Å². The first-order valence-corrected chi connectivity index (χ1v) is 7.05. The summed E-state index contributed by atoms with van der Waals surface area (Å²) >= 11 is 1.58. The van der Waals surface area contributed by atoms with Gasteiger partial charge in [-0.15, -0.1) is 0 Å². The topological polar surface area (TPSA) is 51.0 Å². The molecular weight excluding hydrogens is 246 g/mol. The number of nitrogens with zero attached hydrogens (tertiary/aromatic N) is 2. The molecule has 0 aliphatic rings. The van der Waals surface area contributed by atoms with E-state index in [0.29, 0.717) is 0 Å². The van der Waals surface area contributed by atoms with Crippen LogP contribution in [0.2, 0.25) is 0 Å². The summed E-state index contributed by atoms with van der Waals surface area (Å²) in [6, 6.07) is 5.85. The van der Waals surface area contributed by atoms with Crippen LogP contribution in [0.5, 0.6) is 0 Å². The quantitative estimate of drug-likeness (QED) is 0.473.